The third-order valence-electron chi connectivity index (χ3n) is 8.16. The second kappa shape index (κ2) is 13.5. The van der Waals surface area contributed by atoms with Gasteiger partial charge in [0.1, 0.15) is 17.9 Å². The van der Waals surface area contributed by atoms with Crippen molar-refractivity contribution < 1.29 is 14.3 Å². The third kappa shape index (κ3) is 6.82. The monoisotopic (exact) mass is 621 g/mol. The molecule has 2 N–H and O–H groups in total. The SMILES string of the molecule is CNC(=O)c1ccc(/C=C/C(=O)Nc2cccc(-c3ccc(C)c(COc4cccc5c(-n6ccnc6)cc(C)nc45)c3C)c2)cc1. The van der Waals surface area contributed by atoms with Gasteiger partial charge in [0.2, 0.25) is 5.91 Å². The van der Waals surface area contributed by atoms with E-state index in [4.69, 9.17) is 9.72 Å². The highest BCUT2D eigenvalue weighted by Gasteiger charge is 2.14. The van der Waals surface area contributed by atoms with Gasteiger partial charge in [-0.05, 0) is 96.6 Å². The topological polar surface area (TPSA) is 98.1 Å². The average molecular weight is 622 g/mol. The van der Waals surface area contributed by atoms with Crippen LogP contribution in [-0.2, 0) is 11.4 Å². The maximum absolute atomic E-state index is 12.8. The number of aryl methyl sites for hydroxylation is 2. The molecule has 0 aliphatic carbocycles. The smallest absolute Gasteiger partial charge is 0.251 e. The van der Waals surface area contributed by atoms with Crippen LogP contribution in [0.1, 0.15) is 38.3 Å². The maximum Gasteiger partial charge on any atom is 0.251 e. The maximum atomic E-state index is 12.8. The number of aromatic nitrogens is 3. The molecule has 2 aromatic heterocycles. The fourth-order valence-electron chi connectivity index (χ4n) is 5.65. The summed E-state index contributed by atoms with van der Waals surface area (Å²) >= 11 is 0. The number of rotatable bonds is 9. The molecule has 0 unspecified atom stereocenters. The minimum atomic E-state index is -0.248. The molecule has 6 rings (SSSR count). The van der Waals surface area contributed by atoms with Crippen LogP contribution in [0.2, 0.25) is 0 Å². The number of anilines is 1. The molecule has 47 heavy (non-hydrogen) atoms. The molecule has 0 fully saturated rings. The Labute approximate surface area is 273 Å². The number of carbonyl (C=O) groups is 2. The average Bonchev–Trinajstić information content (AvgIpc) is 3.62. The van der Waals surface area contributed by atoms with Crippen molar-refractivity contribution in [1.82, 2.24) is 19.9 Å². The van der Waals surface area contributed by atoms with Gasteiger partial charge in [0.15, 0.2) is 0 Å². The van der Waals surface area contributed by atoms with Crippen molar-refractivity contribution in [2.75, 3.05) is 12.4 Å². The Morgan fingerprint density at radius 1 is 0.936 bits per heavy atom. The summed E-state index contributed by atoms with van der Waals surface area (Å²) in [6, 6.07) is 27.1. The van der Waals surface area contributed by atoms with Crippen molar-refractivity contribution in [2.24, 2.45) is 0 Å². The van der Waals surface area contributed by atoms with Crippen molar-refractivity contribution in [2.45, 2.75) is 27.4 Å². The normalized spacial score (nSPS) is 11.1. The summed E-state index contributed by atoms with van der Waals surface area (Å²) < 4.78 is 8.46. The summed E-state index contributed by atoms with van der Waals surface area (Å²) in [5.41, 5.74) is 10.2. The lowest BCUT2D eigenvalue weighted by Gasteiger charge is -2.17. The van der Waals surface area contributed by atoms with Gasteiger partial charge in [0, 0.05) is 47.8 Å². The van der Waals surface area contributed by atoms with Gasteiger partial charge in [-0.2, -0.15) is 0 Å². The number of ether oxygens (including phenoxy) is 1. The number of benzene rings is 4. The molecule has 0 saturated heterocycles. The third-order valence-corrected chi connectivity index (χ3v) is 8.16. The van der Waals surface area contributed by atoms with Crippen molar-refractivity contribution in [3.05, 3.63) is 143 Å². The minimum Gasteiger partial charge on any atom is -0.487 e. The summed E-state index contributed by atoms with van der Waals surface area (Å²) in [6.07, 6.45) is 8.67. The molecule has 8 nitrogen and oxygen atoms in total. The molecule has 0 spiro atoms. The second-order valence-electron chi connectivity index (χ2n) is 11.3. The quantitative estimate of drug-likeness (QED) is 0.162. The molecule has 2 amide bonds. The Hall–Kier alpha value is -6.02. The molecule has 0 saturated carbocycles. The Bertz CT molecular complexity index is 2120. The number of amides is 2. The van der Waals surface area contributed by atoms with Crippen LogP contribution >= 0.6 is 0 Å². The van der Waals surface area contributed by atoms with Gasteiger partial charge in [0.25, 0.3) is 5.91 Å². The van der Waals surface area contributed by atoms with Crippen LogP contribution in [0.5, 0.6) is 5.75 Å². The van der Waals surface area contributed by atoms with Crippen LogP contribution in [-0.4, -0.2) is 33.4 Å². The largest absolute Gasteiger partial charge is 0.487 e. The number of carbonyl (C=O) groups excluding carboxylic acids is 2. The van der Waals surface area contributed by atoms with Gasteiger partial charge in [-0.3, -0.25) is 9.59 Å². The number of imidazole rings is 1. The molecular formula is C39H35N5O3. The fourth-order valence-corrected chi connectivity index (χ4v) is 5.65. The van der Waals surface area contributed by atoms with E-state index in [-0.39, 0.29) is 11.8 Å². The van der Waals surface area contributed by atoms with E-state index in [2.05, 4.69) is 47.7 Å². The molecule has 6 aromatic rings. The molecule has 2 heterocycles. The van der Waals surface area contributed by atoms with Gasteiger partial charge >= 0.3 is 0 Å². The van der Waals surface area contributed by atoms with Crippen LogP contribution in [0.4, 0.5) is 5.69 Å². The first-order valence-electron chi connectivity index (χ1n) is 15.3. The predicted octanol–water partition coefficient (Wildman–Crippen LogP) is 7.60. The van der Waals surface area contributed by atoms with E-state index in [1.165, 1.54) is 6.08 Å². The standard InChI is InChI=1S/C39H35N5O3/c1-25-11-17-32(30-7-5-8-31(22-30)43-37(45)18-14-28-12-15-29(16-13-28)39(46)40-4)27(3)34(25)23-47-36-10-6-9-33-35(44-20-19-41-24-44)21-26(2)42-38(33)36/h5-22,24H,23H2,1-4H3,(H,40,46)(H,43,45)/b18-14+. The van der Waals surface area contributed by atoms with Gasteiger partial charge in [-0.25, -0.2) is 9.97 Å². The molecule has 0 aliphatic rings. The second-order valence-corrected chi connectivity index (χ2v) is 11.3. The molecule has 0 bridgehead atoms. The van der Waals surface area contributed by atoms with Gasteiger partial charge < -0.3 is 19.9 Å². The van der Waals surface area contributed by atoms with E-state index < -0.39 is 0 Å². The van der Waals surface area contributed by atoms with Crippen molar-refractivity contribution in [3.63, 3.8) is 0 Å². The van der Waals surface area contributed by atoms with E-state index >= 15 is 0 Å². The number of hydrogen-bond acceptors (Lipinski definition) is 5. The van der Waals surface area contributed by atoms with E-state index in [0.29, 0.717) is 17.9 Å². The zero-order chi connectivity index (χ0) is 32.9. The van der Waals surface area contributed by atoms with Crippen molar-refractivity contribution >= 4 is 34.5 Å². The van der Waals surface area contributed by atoms with Gasteiger partial charge in [-0.15, -0.1) is 0 Å². The number of hydrogen-bond donors (Lipinski definition) is 2. The highest BCUT2D eigenvalue weighted by Crippen LogP contribution is 2.33. The lowest BCUT2D eigenvalue weighted by Crippen LogP contribution is -2.17. The van der Waals surface area contributed by atoms with E-state index in [9.17, 15) is 9.59 Å². The number of pyridine rings is 1. The summed E-state index contributed by atoms with van der Waals surface area (Å²) in [5.74, 6) is 0.318. The fraction of sp³-hybridized carbons (Fsp3) is 0.128. The van der Waals surface area contributed by atoms with Gasteiger partial charge in [-0.1, -0.05) is 48.5 Å². The Kier molecular flexibility index (Phi) is 8.93. The minimum absolute atomic E-state index is 0.153. The lowest BCUT2D eigenvalue weighted by molar-refractivity contribution is -0.111. The number of para-hydroxylation sites is 1. The Morgan fingerprint density at radius 2 is 1.74 bits per heavy atom. The summed E-state index contributed by atoms with van der Waals surface area (Å²) in [6.45, 7) is 6.56. The van der Waals surface area contributed by atoms with Crippen molar-refractivity contribution in [1.29, 1.82) is 0 Å². The van der Waals surface area contributed by atoms with Crippen LogP contribution in [0.15, 0.2) is 110 Å². The first-order valence-corrected chi connectivity index (χ1v) is 15.3. The Morgan fingerprint density at radius 3 is 2.51 bits per heavy atom. The first kappa shape index (κ1) is 31.0. The summed E-state index contributed by atoms with van der Waals surface area (Å²) in [4.78, 5) is 33.6. The molecule has 0 aliphatic heterocycles. The van der Waals surface area contributed by atoms with Crippen LogP contribution < -0.4 is 15.4 Å². The van der Waals surface area contributed by atoms with E-state index in [1.807, 2.05) is 60.2 Å². The first-order chi connectivity index (χ1) is 22.8. The molecule has 0 atom stereocenters. The highest BCUT2D eigenvalue weighted by molar-refractivity contribution is 6.02. The number of nitrogens with one attached hydrogen (secondary N) is 2. The Balaban J connectivity index is 1.20. The lowest BCUT2D eigenvalue weighted by atomic mass is 9.93. The molecular weight excluding hydrogens is 586 g/mol. The van der Waals surface area contributed by atoms with Crippen LogP contribution in [0.3, 0.4) is 0 Å². The molecule has 8 heteroatoms. The summed E-state index contributed by atoms with van der Waals surface area (Å²) in [7, 11) is 1.59. The molecule has 234 valence electrons. The predicted molar refractivity (Wildman–Crippen MR) is 187 cm³/mol. The van der Waals surface area contributed by atoms with Crippen molar-refractivity contribution in [3.8, 4) is 22.6 Å². The molecule has 0 radical (unpaired) electrons. The van der Waals surface area contributed by atoms with E-state index in [0.717, 1.165) is 61.4 Å². The van der Waals surface area contributed by atoms with E-state index in [1.54, 1.807) is 49.9 Å². The van der Waals surface area contributed by atoms with Crippen LogP contribution in [0, 0.1) is 20.8 Å². The highest BCUT2D eigenvalue weighted by atomic mass is 16.5. The van der Waals surface area contributed by atoms with Gasteiger partial charge in [0.05, 0.1) is 12.0 Å². The van der Waals surface area contributed by atoms with Crippen LogP contribution in [0.25, 0.3) is 33.8 Å². The molecule has 4 aromatic carbocycles. The summed E-state index contributed by atoms with van der Waals surface area (Å²) in [5, 5.41) is 6.55. The number of nitrogens with zero attached hydrogens (tertiary/aromatic N) is 3. The zero-order valence-corrected chi connectivity index (χ0v) is 26.7. The number of fused-ring (bicyclic) bond motifs is 1. The zero-order valence-electron chi connectivity index (χ0n) is 26.7.